The number of ether oxygens (including phenoxy) is 1. The Labute approximate surface area is 157 Å². The van der Waals surface area contributed by atoms with E-state index in [1.807, 2.05) is 18.8 Å². The molecule has 0 aromatic heterocycles. The second kappa shape index (κ2) is 9.55. The van der Waals surface area contributed by atoms with Gasteiger partial charge in [-0.05, 0) is 50.4 Å². The van der Waals surface area contributed by atoms with Crippen LogP contribution in [-0.2, 0) is 14.3 Å². The number of thioether (sulfide) groups is 3. The number of aliphatic hydroxyl groups is 1. The molecule has 7 heteroatoms. The molecule has 4 atom stereocenters. The fourth-order valence-electron chi connectivity index (χ4n) is 3.61. The van der Waals surface area contributed by atoms with Crippen LogP contribution in [-0.4, -0.2) is 51.7 Å². The predicted molar refractivity (Wildman–Crippen MR) is 105 cm³/mol. The highest BCUT2D eigenvalue weighted by Gasteiger charge is 2.56. The smallest absolute Gasteiger partial charge is 0.330 e. The minimum atomic E-state index is -0.853. The summed E-state index contributed by atoms with van der Waals surface area (Å²) in [6.45, 7) is 4.13. The molecule has 4 unspecified atom stereocenters. The lowest BCUT2D eigenvalue weighted by Crippen LogP contribution is -2.45. The van der Waals surface area contributed by atoms with Crippen molar-refractivity contribution in [2.75, 3.05) is 25.4 Å². The van der Waals surface area contributed by atoms with Crippen molar-refractivity contribution in [3.63, 3.8) is 0 Å². The number of esters is 1. The van der Waals surface area contributed by atoms with Crippen LogP contribution in [0.1, 0.15) is 26.7 Å². The highest BCUT2D eigenvalue weighted by atomic mass is 32.3. The van der Waals surface area contributed by atoms with Gasteiger partial charge in [-0.3, -0.25) is 0 Å². The topological polar surface area (TPSA) is 63.6 Å². The molecular weight excluding hydrogens is 364 g/mol. The van der Waals surface area contributed by atoms with Gasteiger partial charge in [0, 0.05) is 12.0 Å². The van der Waals surface area contributed by atoms with Gasteiger partial charge in [-0.1, -0.05) is 13.0 Å². The molecule has 24 heavy (non-hydrogen) atoms. The Bertz CT molecular complexity index is 456. The van der Waals surface area contributed by atoms with Crippen LogP contribution in [0.15, 0.2) is 12.2 Å². The van der Waals surface area contributed by atoms with Gasteiger partial charge in [0.15, 0.2) is 0 Å². The maximum atomic E-state index is 11.6. The second-order valence-electron chi connectivity index (χ2n) is 6.07. The van der Waals surface area contributed by atoms with E-state index < -0.39 is 11.6 Å². The van der Waals surface area contributed by atoms with Crippen LogP contribution in [0.4, 0.5) is 0 Å². The van der Waals surface area contributed by atoms with Gasteiger partial charge in [0.25, 0.3) is 0 Å². The zero-order valence-electron chi connectivity index (χ0n) is 15.0. The molecule has 1 aliphatic rings. The summed E-state index contributed by atoms with van der Waals surface area (Å²) in [4.78, 5) is 23.1. The fraction of sp³-hybridized carbons (Fsp3) is 0.765. The molecule has 1 saturated carbocycles. The van der Waals surface area contributed by atoms with Gasteiger partial charge >= 0.3 is 5.97 Å². The molecule has 1 rings (SSSR count). The number of carbonyl (C=O) groups is 2. The Morgan fingerprint density at radius 2 is 1.92 bits per heavy atom. The van der Waals surface area contributed by atoms with E-state index in [2.05, 4.69) is 6.92 Å². The Morgan fingerprint density at radius 1 is 1.33 bits per heavy atom. The number of hydrogen-bond donors (Lipinski definition) is 1. The van der Waals surface area contributed by atoms with Crippen LogP contribution >= 0.6 is 35.3 Å². The van der Waals surface area contributed by atoms with E-state index in [1.165, 1.54) is 6.08 Å². The number of allylic oxidation sites excluding steroid dienone is 1. The number of aldehydes is 1. The van der Waals surface area contributed by atoms with Crippen LogP contribution in [0.2, 0.25) is 0 Å². The van der Waals surface area contributed by atoms with Gasteiger partial charge in [-0.2, -0.15) is 0 Å². The van der Waals surface area contributed by atoms with Crippen molar-refractivity contribution >= 4 is 47.5 Å². The second-order valence-corrected chi connectivity index (χ2v) is 9.91. The number of rotatable bonds is 9. The van der Waals surface area contributed by atoms with Crippen molar-refractivity contribution in [2.45, 2.75) is 35.7 Å². The average Bonchev–Trinajstić information content (AvgIpc) is 2.86. The molecule has 4 nitrogen and oxygen atoms in total. The predicted octanol–water partition coefficient (Wildman–Crippen LogP) is 3.44. The zero-order valence-corrected chi connectivity index (χ0v) is 17.4. The number of carbonyl (C=O) groups excluding carboxylic acids is 2. The molecule has 1 fully saturated rings. The molecular formula is C17H28O4S3. The molecule has 138 valence electrons. The van der Waals surface area contributed by atoms with E-state index in [-0.39, 0.29) is 21.2 Å². The molecule has 0 spiro atoms. The maximum absolute atomic E-state index is 11.6. The molecule has 0 bridgehead atoms. The lowest BCUT2D eigenvalue weighted by molar-refractivity contribution is -0.137. The lowest BCUT2D eigenvalue weighted by atomic mass is 9.85. The average molecular weight is 393 g/mol. The minimum Gasteiger partial charge on any atom is -0.463 e. The van der Waals surface area contributed by atoms with Crippen molar-refractivity contribution in [2.24, 2.45) is 17.8 Å². The first-order valence-electron chi connectivity index (χ1n) is 8.01. The van der Waals surface area contributed by atoms with Gasteiger partial charge in [-0.15, -0.1) is 35.3 Å². The Balaban J connectivity index is 2.98. The molecule has 1 aliphatic carbocycles. The standard InChI is InChI=1S/C17H28O4S3/c1-6-21-15(19)8-7-13(11-18)14-10-16(20,9-12(14)2)17(22-3,23-4)24-5/h7-8,11-14,20H,6,9-10H2,1-5H3/b8-7+. The molecule has 0 saturated heterocycles. The van der Waals surface area contributed by atoms with Gasteiger partial charge in [0.2, 0.25) is 0 Å². The van der Waals surface area contributed by atoms with Crippen molar-refractivity contribution < 1.29 is 19.4 Å². The summed E-state index contributed by atoms with van der Waals surface area (Å²) in [5, 5.41) is 11.4. The van der Waals surface area contributed by atoms with E-state index >= 15 is 0 Å². The van der Waals surface area contributed by atoms with E-state index in [9.17, 15) is 14.7 Å². The van der Waals surface area contributed by atoms with Crippen LogP contribution in [0.25, 0.3) is 0 Å². The van der Waals surface area contributed by atoms with E-state index in [1.54, 1.807) is 48.3 Å². The number of hydrogen-bond acceptors (Lipinski definition) is 7. The molecule has 0 aromatic carbocycles. The summed E-state index contributed by atoms with van der Waals surface area (Å²) in [6, 6.07) is 0. The molecule has 1 N–H and O–H groups in total. The Morgan fingerprint density at radius 3 is 2.38 bits per heavy atom. The van der Waals surface area contributed by atoms with E-state index in [0.717, 1.165) is 6.29 Å². The van der Waals surface area contributed by atoms with Crippen LogP contribution in [0.5, 0.6) is 0 Å². The molecule has 0 radical (unpaired) electrons. The summed E-state index contributed by atoms with van der Waals surface area (Å²) in [5.74, 6) is -0.606. The summed E-state index contributed by atoms with van der Waals surface area (Å²) >= 11 is 4.97. The third kappa shape index (κ3) is 4.54. The maximum Gasteiger partial charge on any atom is 0.330 e. The molecule has 0 amide bonds. The van der Waals surface area contributed by atoms with Gasteiger partial charge in [0.1, 0.15) is 9.70 Å². The Hall–Kier alpha value is -0.110. The monoisotopic (exact) mass is 392 g/mol. The summed E-state index contributed by atoms with van der Waals surface area (Å²) in [6.07, 6.45) is 11.1. The van der Waals surface area contributed by atoms with Gasteiger partial charge in [-0.25, -0.2) is 4.79 Å². The molecule has 0 aromatic rings. The van der Waals surface area contributed by atoms with Gasteiger partial charge in [0.05, 0.1) is 12.2 Å². The quantitative estimate of drug-likeness (QED) is 0.279. The molecule has 0 heterocycles. The first kappa shape index (κ1) is 21.9. The van der Waals surface area contributed by atoms with Gasteiger partial charge < -0.3 is 14.6 Å². The van der Waals surface area contributed by atoms with E-state index in [4.69, 9.17) is 4.74 Å². The zero-order chi connectivity index (χ0) is 18.4. The Kier molecular flexibility index (Phi) is 8.73. The first-order chi connectivity index (χ1) is 11.3. The van der Waals surface area contributed by atoms with Crippen LogP contribution in [0.3, 0.4) is 0 Å². The lowest BCUT2D eigenvalue weighted by Gasteiger charge is -2.42. The minimum absolute atomic E-state index is 0.0176. The normalized spacial score (nSPS) is 28.9. The van der Waals surface area contributed by atoms with Crippen molar-refractivity contribution in [3.8, 4) is 0 Å². The first-order valence-corrected chi connectivity index (χ1v) is 11.7. The van der Waals surface area contributed by atoms with Crippen LogP contribution < -0.4 is 0 Å². The summed E-state index contributed by atoms with van der Waals surface area (Å²) in [5.41, 5.74) is -0.853. The molecule has 0 aliphatic heterocycles. The van der Waals surface area contributed by atoms with Crippen molar-refractivity contribution in [3.05, 3.63) is 12.2 Å². The van der Waals surface area contributed by atoms with E-state index in [0.29, 0.717) is 19.4 Å². The third-order valence-electron chi connectivity index (χ3n) is 4.73. The summed E-state index contributed by atoms with van der Waals surface area (Å²) in [7, 11) is 0. The highest BCUT2D eigenvalue weighted by Crippen LogP contribution is 2.59. The van der Waals surface area contributed by atoms with Crippen molar-refractivity contribution in [1.82, 2.24) is 0 Å². The largest absolute Gasteiger partial charge is 0.463 e. The van der Waals surface area contributed by atoms with Crippen LogP contribution in [0, 0.1) is 17.8 Å². The summed E-state index contributed by atoms with van der Waals surface area (Å²) < 4.78 is 4.52. The fourth-order valence-corrected chi connectivity index (χ4v) is 7.25. The highest BCUT2D eigenvalue weighted by molar-refractivity contribution is 8.33. The van der Waals surface area contributed by atoms with Crippen molar-refractivity contribution in [1.29, 1.82) is 0 Å². The third-order valence-corrected chi connectivity index (χ3v) is 10.5. The SMILES string of the molecule is CCOC(=O)/C=C/C(C=O)C1CC(O)(C(SC)(SC)SC)CC1C.